The van der Waals surface area contributed by atoms with E-state index in [2.05, 4.69) is 0 Å². The summed E-state index contributed by atoms with van der Waals surface area (Å²) < 4.78 is 62.6. The maximum absolute atomic E-state index is 13.9. The number of carbonyl (C=O) groups is 1. The van der Waals surface area contributed by atoms with Crippen LogP contribution in [-0.4, -0.2) is 13.1 Å². The molecule has 0 spiro atoms. The van der Waals surface area contributed by atoms with Crippen LogP contribution in [0.5, 0.6) is 23.0 Å². The van der Waals surface area contributed by atoms with Crippen molar-refractivity contribution in [3.63, 3.8) is 0 Å². The standard InChI is InChI=1S/C30H19F3O6/c1-36-21-10-6-18(7-11-21)8-15-26(34)37-23-13-14-24-25(17-23)39-29(30(31,32)33)28(27(24)35)38-22-12-9-19-4-2-3-5-20(19)16-22/h2-17H,1H3/b15-8+. The molecule has 1 heterocycles. The SMILES string of the molecule is COc1ccc(/C=C/C(=O)Oc2ccc3c(=O)c(Oc4ccc5ccccc5c4)c(C(F)(F)F)oc3c2)cc1. The molecule has 0 fully saturated rings. The van der Waals surface area contributed by atoms with Gasteiger partial charge in [0, 0.05) is 12.1 Å². The van der Waals surface area contributed by atoms with Crippen LogP contribution >= 0.6 is 0 Å². The number of benzene rings is 4. The first-order valence-electron chi connectivity index (χ1n) is 11.6. The molecule has 0 aliphatic rings. The van der Waals surface area contributed by atoms with Crippen LogP contribution in [0.4, 0.5) is 13.2 Å². The maximum atomic E-state index is 13.9. The van der Waals surface area contributed by atoms with Crippen LogP contribution in [0.3, 0.4) is 0 Å². The topological polar surface area (TPSA) is 75.0 Å². The monoisotopic (exact) mass is 532 g/mol. The van der Waals surface area contributed by atoms with Crippen molar-refractivity contribution in [3.05, 3.63) is 113 Å². The highest BCUT2D eigenvalue weighted by Crippen LogP contribution is 2.39. The third kappa shape index (κ3) is 5.62. The molecule has 0 saturated heterocycles. The molecule has 39 heavy (non-hydrogen) atoms. The van der Waals surface area contributed by atoms with E-state index in [9.17, 15) is 22.8 Å². The molecule has 0 aliphatic heterocycles. The third-order valence-electron chi connectivity index (χ3n) is 5.77. The molecule has 0 saturated carbocycles. The normalized spacial score (nSPS) is 11.7. The summed E-state index contributed by atoms with van der Waals surface area (Å²) in [5, 5.41) is 1.40. The molecule has 0 aliphatic carbocycles. The lowest BCUT2D eigenvalue weighted by Gasteiger charge is -2.14. The van der Waals surface area contributed by atoms with E-state index >= 15 is 0 Å². The third-order valence-corrected chi connectivity index (χ3v) is 5.77. The predicted molar refractivity (Wildman–Crippen MR) is 139 cm³/mol. The van der Waals surface area contributed by atoms with Crippen LogP contribution in [0.25, 0.3) is 27.8 Å². The number of ether oxygens (including phenoxy) is 3. The van der Waals surface area contributed by atoms with Crippen LogP contribution in [0.1, 0.15) is 11.3 Å². The Morgan fingerprint density at radius 3 is 2.26 bits per heavy atom. The molecule has 0 atom stereocenters. The van der Waals surface area contributed by atoms with Crippen molar-refractivity contribution in [1.82, 2.24) is 0 Å². The summed E-state index contributed by atoms with van der Waals surface area (Å²) in [6.07, 6.45) is -2.38. The Morgan fingerprint density at radius 1 is 0.846 bits per heavy atom. The molecule has 6 nitrogen and oxygen atoms in total. The van der Waals surface area contributed by atoms with Crippen molar-refractivity contribution in [2.24, 2.45) is 0 Å². The highest BCUT2D eigenvalue weighted by molar-refractivity contribution is 5.89. The second kappa shape index (κ2) is 10.4. The minimum Gasteiger partial charge on any atom is -0.497 e. The average molecular weight is 532 g/mol. The Balaban J connectivity index is 1.44. The highest BCUT2D eigenvalue weighted by atomic mass is 19.4. The molecular weight excluding hydrogens is 513 g/mol. The van der Waals surface area contributed by atoms with Crippen LogP contribution in [0, 0.1) is 0 Å². The second-order valence-corrected chi connectivity index (χ2v) is 8.38. The fraction of sp³-hybridized carbons (Fsp3) is 0.0667. The summed E-state index contributed by atoms with van der Waals surface area (Å²) in [6, 6.07) is 22.3. The van der Waals surface area contributed by atoms with Gasteiger partial charge in [0.15, 0.2) is 0 Å². The van der Waals surface area contributed by atoms with Crippen molar-refractivity contribution in [2.45, 2.75) is 6.18 Å². The van der Waals surface area contributed by atoms with E-state index in [1.807, 2.05) is 12.1 Å². The molecule has 1 aromatic heterocycles. The first-order valence-corrected chi connectivity index (χ1v) is 11.6. The predicted octanol–water partition coefficient (Wildman–Crippen LogP) is 7.38. The fourth-order valence-electron chi connectivity index (χ4n) is 3.88. The second-order valence-electron chi connectivity index (χ2n) is 8.38. The Morgan fingerprint density at radius 2 is 1.54 bits per heavy atom. The van der Waals surface area contributed by atoms with Gasteiger partial charge in [-0.1, -0.05) is 42.5 Å². The molecule has 0 amide bonds. The summed E-state index contributed by atoms with van der Waals surface area (Å²) in [6.45, 7) is 0. The molecule has 196 valence electrons. The van der Waals surface area contributed by atoms with Crippen molar-refractivity contribution in [2.75, 3.05) is 7.11 Å². The largest absolute Gasteiger partial charge is 0.497 e. The Bertz CT molecular complexity index is 1770. The number of halogens is 3. The van der Waals surface area contributed by atoms with Gasteiger partial charge in [0.05, 0.1) is 12.5 Å². The molecule has 0 N–H and O–H groups in total. The maximum Gasteiger partial charge on any atom is 0.453 e. The van der Waals surface area contributed by atoms with E-state index in [0.717, 1.165) is 22.9 Å². The molecule has 4 aromatic carbocycles. The van der Waals surface area contributed by atoms with Gasteiger partial charge in [-0.3, -0.25) is 4.79 Å². The van der Waals surface area contributed by atoms with Gasteiger partial charge in [-0.05, 0) is 58.8 Å². The smallest absolute Gasteiger partial charge is 0.453 e. The van der Waals surface area contributed by atoms with E-state index in [0.29, 0.717) is 11.3 Å². The van der Waals surface area contributed by atoms with Gasteiger partial charge >= 0.3 is 12.1 Å². The molecular formula is C30H19F3O6. The first-order chi connectivity index (χ1) is 18.7. The lowest BCUT2D eigenvalue weighted by atomic mass is 10.1. The van der Waals surface area contributed by atoms with E-state index in [1.54, 1.807) is 42.5 Å². The van der Waals surface area contributed by atoms with Crippen LogP contribution < -0.4 is 19.6 Å². The number of hydrogen-bond donors (Lipinski definition) is 0. The van der Waals surface area contributed by atoms with Crippen molar-refractivity contribution < 1.29 is 36.6 Å². The zero-order valence-electron chi connectivity index (χ0n) is 20.3. The number of hydrogen-bond acceptors (Lipinski definition) is 6. The number of fused-ring (bicyclic) bond motifs is 2. The summed E-state index contributed by atoms with van der Waals surface area (Å²) in [5.41, 5.74) is -0.734. The van der Waals surface area contributed by atoms with Crippen molar-refractivity contribution in [1.29, 1.82) is 0 Å². The zero-order valence-corrected chi connectivity index (χ0v) is 20.3. The van der Waals surface area contributed by atoms with Gasteiger partial charge in [0.1, 0.15) is 22.8 Å². The Kier molecular flexibility index (Phi) is 6.81. The lowest BCUT2D eigenvalue weighted by molar-refractivity contribution is -0.154. The quantitative estimate of drug-likeness (QED) is 0.129. The Hall–Kier alpha value is -5.05. The van der Waals surface area contributed by atoms with Gasteiger partial charge in [0.25, 0.3) is 5.76 Å². The van der Waals surface area contributed by atoms with Crippen LogP contribution in [0.2, 0.25) is 0 Å². The number of rotatable bonds is 6. The average Bonchev–Trinajstić information content (AvgIpc) is 2.93. The molecule has 5 rings (SSSR count). The minimum atomic E-state index is -5.03. The van der Waals surface area contributed by atoms with Gasteiger partial charge in [-0.25, -0.2) is 4.79 Å². The summed E-state index contributed by atoms with van der Waals surface area (Å²) in [7, 11) is 1.53. The van der Waals surface area contributed by atoms with Gasteiger partial charge in [-0.2, -0.15) is 13.2 Å². The first kappa shape index (κ1) is 25.6. The fourth-order valence-corrected chi connectivity index (χ4v) is 3.88. The minimum absolute atomic E-state index is 0.0417. The van der Waals surface area contributed by atoms with E-state index < -0.39 is 34.7 Å². The van der Waals surface area contributed by atoms with Gasteiger partial charge in [-0.15, -0.1) is 0 Å². The van der Waals surface area contributed by atoms with Gasteiger partial charge < -0.3 is 18.6 Å². The van der Waals surface area contributed by atoms with Gasteiger partial charge in [0.2, 0.25) is 11.2 Å². The molecule has 0 radical (unpaired) electrons. The van der Waals surface area contributed by atoms with Crippen LogP contribution in [-0.2, 0) is 11.0 Å². The number of alkyl halides is 3. The number of esters is 1. The van der Waals surface area contributed by atoms with E-state index in [-0.39, 0.29) is 16.9 Å². The highest BCUT2D eigenvalue weighted by Gasteiger charge is 2.40. The number of methoxy groups -OCH3 is 1. The Labute approximate surface area is 219 Å². The zero-order chi connectivity index (χ0) is 27.6. The summed E-state index contributed by atoms with van der Waals surface area (Å²) in [5.74, 6) is -2.78. The lowest BCUT2D eigenvalue weighted by Crippen LogP contribution is -2.15. The molecule has 9 heteroatoms. The van der Waals surface area contributed by atoms with E-state index in [4.69, 9.17) is 18.6 Å². The molecule has 0 bridgehead atoms. The van der Waals surface area contributed by atoms with E-state index in [1.165, 1.54) is 37.5 Å². The summed E-state index contributed by atoms with van der Waals surface area (Å²) >= 11 is 0. The summed E-state index contributed by atoms with van der Waals surface area (Å²) in [4.78, 5) is 25.4. The number of carbonyl (C=O) groups excluding carboxylic acids is 1. The van der Waals surface area contributed by atoms with Crippen LogP contribution in [0.15, 0.2) is 100 Å². The molecule has 0 unspecified atom stereocenters. The molecule has 5 aromatic rings. The van der Waals surface area contributed by atoms with Crippen molar-refractivity contribution in [3.8, 4) is 23.0 Å². The van der Waals surface area contributed by atoms with Crippen molar-refractivity contribution >= 4 is 33.8 Å².